The molecule has 0 saturated heterocycles. The number of nitriles is 1. The Morgan fingerprint density at radius 3 is 2.50 bits per heavy atom. The van der Waals surface area contributed by atoms with Gasteiger partial charge in [-0.05, 0) is 60.9 Å². The second-order valence-electron chi connectivity index (χ2n) is 8.28. The molecule has 2 unspecified atom stereocenters. The largest absolute Gasteiger partial charge is 0.480 e. The van der Waals surface area contributed by atoms with Gasteiger partial charge in [0.05, 0.1) is 24.2 Å². The predicted octanol–water partition coefficient (Wildman–Crippen LogP) is 5.46. The molecule has 34 heavy (non-hydrogen) atoms. The minimum Gasteiger partial charge on any atom is -0.480 e. The molecule has 2 atom stereocenters. The first kappa shape index (κ1) is 23.1. The average Bonchev–Trinajstić information content (AvgIpc) is 3.01. The molecule has 0 aromatic heterocycles. The van der Waals surface area contributed by atoms with E-state index in [2.05, 4.69) is 12.2 Å². The Bertz CT molecular complexity index is 1220. The zero-order valence-corrected chi connectivity index (χ0v) is 19.3. The lowest BCUT2D eigenvalue weighted by molar-refractivity contribution is -0.141. The highest BCUT2D eigenvalue weighted by Gasteiger charge is 2.34. The SMILES string of the molecule is CCC1Oc2ccc(NC(=O)c3ccc(C#N)cc3)cc2CN(C(CC)c2ccccc2)C1=O. The van der Waals surface area contributed by atoms with Crippen molar-refractivity contribution in [2.45, 2.75) is 45.4 Å². The zero-order chi connectivity index (χ0) is 24.1. The summed E-state index contributed by atoms with van der Waals surface area (Å²) in [5, 5.41) is 11.9. The number of anilines is 1. The van der Waals surface area contributed by atoms with E-state index in [1.807, 2.05) is 60.4 Å². The number of benzene rings is 3. The predicted molar refractivity (Wildman–Crippen MR) is 130 cm³/mol. The summed E-state index contributed by atoms with van der Waals surface area (Å²) in [6.07, 6.45) is 0.784. The van der Waals surface area contributed by atoms with E-state index < -0.39 is 6.10 Å². The Balaban J connectivity index is 1.63. The van der Waals surface area contributed by atoms with Crippen LogP contribution in [0.5, 0.6) is 5.75 Å². The Labute approximate surface area is 199 Å². The molecule has 2 amide bonds. The van der Waals surface area contributed by atoms with E-state index in [-0.39, 0.29) is 17.9 Å². The van der Waals surface area contributed by atoms with Gasteiger partial charge in [0, 0.05) is 16.8 Å². The van der Waals surface area contributed by atoms with Crippen LogP contribution in [0.4, 0.5) is 5.69 Å². The van der Waals surface area contributed by atoms with Gasteiger partial charge in [0.1, 0.15) is 5.75 Å². The molecule has 6 heteroatoms. The molecule has 0 bridgehead atoms. The van der Waals surface area contributed by atoms with Gasteiger partial charge < -0.3 is 15.0 Å². The Hall–Kier alpha value is -4.11. The molecule has 172 valence electrons. The number of hydrogen-bond acceptors (Lipinski definition) is 4. The van der Waals surface area contributed by atoms with Crippen molar-refractivity contribution in [1.82, 2.24) is 4.90 Å². The molecule has 3 aromatic carbocycles. The van der Waals surface area contributed by atoms with Crippen LogP contribution in [0.25, 0.3) is 0 Å². The lowest BCUT2D eigenvalue weighted by Crippen LogP contribution is -2.41. The summed E-state index contributed by atoms with van der Waals surface area (Å²) in [6.45, 7) is 4.41. The maximum absolute atomic E-state index is 13.4. The van der Waals surface area contributed by atoms with Crippen molar-refractivity contribution in [1.29, 1.82) is 5.26 Å². The molecular formula is C28H27N3O3. The minimum absolute atomic E-state index is 0.0300. The van der Waals surface area contributed by atoms with Crippen molar-refractivity contribution in [3.05, 3.63) is 95.1 Å². The summed E-state index contributed by atoms with van der Waals surface area (Å²) in [6, 6.07) is 23.9. The third-order valence-corrected chi connectivity index (χ3v) is 6.08. The highest BCUT2D eigenvalue weighted by Crippen LogP contribution is 2.34. The average molecular weight is 454 g/mol. The first-order valence-electron chi connectivity index (χ1n) is 11.5. The minimum atomic E-state index is -0.557. The van der Waals surface area contributed by atoms with Crippen LogP contribution in [0.2, 0.25) is 0 Å². The number of carbonyl (C=O) groups excluding carboxylic acids is 2. The van der Waals surface area contributed by atoms with Crippen LogP contribution < -0.4 is 10.1 Å². The van der Waals surface area contributed by atoms with Gasteiger partial charge in [-0.1, -0.05) is 44.2 Å². The van der Waals surface area contributed by atoms with E-state index in [9.17, 15) is 9.59 Å². The molecule has 3 aromatic rings. The van der Waals surface area contributed by atoms with Crippen LogP contribution >= 0.6 is 0 Å². The van der Waals surface area contributed by atoms with Gasteiger partial charge in [0.2, 0.25) is 0 Å². The van der Waals surface area contributed by atoms with Crippen LogP contribution in [-0.2, 0) is 11.3 Å². The summed E-state index contributed by atoms with van der Waals surface area (Å²) in [7, 11) is 0. The highest BCUT2D eigenvalue weighted by molar-refractivity contribution is 6.04. The third kappa shape index (κ3) is 4.79. The number of fused-ring (bicyclic) bond motifs is 1. The summed E-state index contributed by atoms with van der Waals surface area (Å²) >= 11 is 0. The standard InChI is InChI=1S/C28H27N3O3/c1-3-24(20-8-6-5-7-9-20)31-18-22-16-23(14-15-26(22)34-25(4-2)28(31)33)30-27(32)21-12-10-19(17-29)11-13-21/h5-16,24-25H,3-4,18H2,1-2H3,(H,30,32). The van der Waals surface area contributed by atoms with E-state index in [0.29, 0.717) is 35.5 Å². The molecule has 4 rings (SSSR count). The quantitative estimate of drug-likeness (QED) is 0.537. The van der Waals surface area contributed by atoms with Crippen LogP contribution in [0.3, 0.4) is 0 Å². The summed E-state index contributed by atoms with van der Waals surface area (Å²) in [4.78, 5) is 28.0. The molecule has 1 N–H and O–H groups in total. The Morgan fingerprint density at radius 1 is 1.12 bits per heavy atom. The van der Waals surface area contributed by atoms with Crippen molar-refractivity contribution >= 4 is 17.5 Å². The number of nitrogens with one attached hydrogen (secondary N) is 1. The van der Waals surface area contributed by atoms with Gasteiger partial charge in [-0.15, -0.1) is 0 Å². The molecule has 0 aliphatic carbocycles. The second kappa shape index (κ2) is 10.2. The van der Waals surface area contributed by atoms with Crippen LogP contribution in [0.1, 0.15) is 59.8 Å². The van der Waals surface area contributed by atoms with Crippen molar-refractivity contribution < 1.29 is 14.3 Å². The van der Waals surface area contributed by atoms with Crippen molar-refractivity contribution in [3.63, 3.8) is 0 Å². The van der Waals surface area contributed by atoms with E-state index in [1.165, 1.54) is 0 Å². The molecule has 0 fully saturated rings. The monoisotopic (exact) mass is 453 g/mol. The number of ether oxygens (including phenoxy) is 1. The van der Waals surface area contributed by atoms with Crippen LogP contribution in [-0.4, -0.2) is 22.8 Å². The fourth-order valence-corrected chi connectivity index (χ4v) is 4.28. The molecule has 0 spiro atoms. The van der Waals surface area contributed by atoms with Crippen molar-refractivity contribution in [2.75, 3.05) is 5.32 Å². The van der Waals surface area contributed by atoms with Gasteiger partial charge in [0.15, 0.2) is 6.10 Å². The van der Waals surface area contributed by atoms with Crippen LogP contribution in [0.15, 0.2) is 72.8 Å². The van der Waals surface area contributed by atoms with E-state index >= 15 is 0 Å². The van der Waals surface area contributed by atoms with E-state index in [4.69, 9.17) is 10.00 Å². The Morgan fingerprint density at radius 2 is 1.85 bits per heavy atom. The smallest absolute Gasteiger partial charge is 0.264 e. The van der Waals surface area contributed by atoms with Gasteiger partial charge >= 0.3 is 0 Å². The van der Waals surface area contributed by atoms with Gasteiger partial charge in [0.25, 0.3) is 11.8 Å². The molecule has 1 aliphatic rings. The zero-order valence-electron chi connectivity index (χ0n) is 19.3. The van der Waals surface area contributed by atoms with Crippen molar-refractivity contribution in [3.8, 4) is 11.8 Å². The summed E-state index contributed by atoms with van der Waals surface area (Å²) < 4.78 is 6.11. The first-order valence-corrected chi connectivity index (χ1v) is 11.5. The van der Waals surface area contributed by atoms with Gasteiger partial charge in [-0.25, -0.2) is 0 Å². The normalized spacial score (nSPS) is 16.0. The lowest BCUT2D eigenvalue weighted by atomic mass is 10.0. The number of hydrogen-bond donors (Lipinski definition) is 1. The summed E-state index contributed by atoms with van der Waals surface area (Å²) in [5.41, 5.74) is 3.51. The molecular weight excluding hydrogens is 426 g/mol. The first-order chi connectivity index (χ1) is 16.5. The maximum Gasteiger partial charge on any atom is 0.264 e. The lowest BCUT2D eigenvalue weighted by Gasteiger charge is -2.32. The van der Waals surface area contributed by atoms with E-state index in [1.54, 1.807) is 30.3 Å². The van der Waals surface area contributed by atoms with E-state index in [0.717, 1.165) is 17.5 Å². The van der Waals surface area contributed by atoms with Gasteiger partial charge in [-0.3, -0.25) is 9.59 Å². The summed E-state index contributed by atoms with van der Waals surface area (Å²) in [5.74, 6) is 0.355. The number of carbonyl (C=O) groups is 2. The van der Waals surface area contributed by atoms with Gasteiger partial charge in [-0.2, -0.15) is 5.26 Å². The Kier molecular flexibility index (Phi) is 6.93. The molecule has 0 saturated carbocycles. The molecule has 6 nitrogen and oxygen atoms in total. The maximum atomic E-state index is 13.4. The fourth-order valence-electron chi connectivity index (χ4n) is 4.28. The number of rotatable bonds is 6. The van der Waals surface area contributed by atoms with Crippen LogP contribution in [0, 0.1) is 11.3 Å². The second-order valence-corrected chi connectivity index (χ2v) is 8.28. The number of nitrogens with zero attached hydrogens (tertiary/aromatic N) is 2. The molecule has 0 radical (unpaired) electrons. The fraction of sp³-hybridized carbons (Fsp3) is 0.250. The molecule has 1 heterocycles. The topological polar surface area (TPSA) is 82.4 Å². The number of amides is 2. The molecule has 1 aliphatic heterocycles. The van der Waals surface area contributed by atoms with Crippen molar-refractivity contribution in [2.24, 2.45) is 0 Å². The highest BCUT2D eigenvalue weighted by atomic mass is 16.5. The third-order valence-electron chi connectivity index (χ3n) is 6.08.